The highest BCUT2D eigenvalue weighted by Crippen LogP contribution is 2.09. The summed E-state index contributed by atoms with van der Waals surface area (Å²) in [5.41, 5.74) is 1.62. The van der Waals surface area contributed by atoms with Gasteiger partial charge in [0, 0.05) is 18.3 Å². The van der Waals surface area contributed by atoms with Crippen LogP contribution >= 0.6 is 11.3 Å². The van der Waals surface area contributed by atoms with Crippen molar-refractivity contribution in [2.24, 2.45) is 0 Å². The Labute approximate surface area is 104 Å². The predicted molar refractivity (Wildman–Crippen MR) is 66.3 cm³/mol. The van der Waals surface area contributed by atoms with Crippen molar-refractivity contribution in [2.75, 3.05) is 6.54 Å². The molecule has 0 aliphatic rings. The number of furan rings is 1. The van der Waals surface area contributed by atoms with E-state index < -0.39 is 0 Å². The second-order valence-electron chi connectivity index (χ2n) is 3.75. The molecule has 0 bridgehead atoms. The Hall–Kier alpha value is -1.62. The highest BCUT2D eigenvalue weighted by atomic mass is 32.1. The second kappa shape index (κ2) is 5.14. The minimum atomic E-state index is -0.0943. The van der Waals surface area contributed by atoms with E-state index in [0.717, 1.165) is 17.1 Å². The van der Waals surface area contributed by atoms with Crippen molar-refractivity contribution in [3.63, 3.8) is 0 Å². The predicted octanol–water partition coefficient (Wildman–Crippen LogP) is 2.33. The van der Waals surface area contributed by atoms with Crippen molar-refractivity contribution < 1.29 is 9.21 Å². The average molecular weight is 250 g/mol. The Morgan fingerprint density at radius 3 is 2.94 bits per heavy atom. The second-order valence-corrected chi connectivity index (χ2v) is 4.82. The van der Waals surface area contributed by atoms with Crippen LogP contribution in [-0.4, -0.2) is 17.4 Å². The van der Waals surface area contributed by atoms with Crippen LogP contribution in [0.4, 0.5) is 0 Å². The Morgan fingerprint density at radius 1 is 1.53 bits per heavy atom. The fourth-order valence-electron chi connectivity index (χ4n) is 1.54. The summed E-state index contributed by atoms with van der Waals surface area (Å²) in [5.74, 6) is 0.551. The third-order valence-corrected chi connectivity index (χ3v) is 3.26. The minimum absolute atomic E-state index is 0.0943. The van der Waals surface area contributed by atoms with Crippen molar-refractivity contribution in [1.29, 1.82) is 0 Å². The van der Waals surface area contributed by atoms with Crippen molar-refractivity contribution in [3.05, 3.63) is 39.7 Å². The van der Waals surface area contributed by atoms with Gasteiger partial charge in [-0.25, -0.2) is 4.98 Å². The number of thiazole rings is 1. The highest BCUT2D eigenvalue weighted by molar-refractivity contribution is 7.09. The molecule has 0 aliphatic heterocycles. The molecule has 4 nitrogen and oxygen atoms in total. The van der Waals surface area contributed by atoms with E-state index in [1.54, 1.807) is 24.3 Å². The van der Waals surface area contributed by atoms with Gasteiger partial charge in [-0.05, 0) is 19.9 Å². The van der Waals surface area contributed by atoms with Gasteiger partial charge in [-0.3, -0.25) is 4.79 Å². The lowest BCUT2D eigenvalue weighted by Gasteiger charge is -2.02. The summed E-state index contributed by atoms with van der Waals surface area (Å²) >= 11 is 1.62. The summed E-state index contributed by atoms with van der Waals surface area (Å²) in [6.45, 7) is 4.34. The first-order valence-corrected chi connectivity index (χ1v) is 6.28. The molecule has 0 saturated carbocycles. The van der Waals surface area contributed by atoms with Crippen molar-refractivity contribution >= 4 is 17.2 Å². The molecule has 0 fully saturated rings. The number of rotatable bonds is 4. The van der Waals surface area contributed by atoms with Gasteiger partial charge in [0.15, 0.2) is 0 Å². The molecule has 0 spiro atoms. The van der Waals surface area contributed by atoms with Gasteiger partial charge in [-0.1, -0.05) is 0 Å². The number of nitrogens with zero attached hydrogens (tertiary/aromatic N) is 1. The number of aryl methyl sites for hydroxylation is 2. The monoisotopic (exact) mass is 250 g/mol. The Morgan fingerprint density at radius 2 is 2.35 bits per heavy atom. The fourth-order valence-corrected chi connectivity index (χ4v) is 2.19. The molecule has 0 radical (unpaired) electrons. The summed E-state index contributed by atoms with van der Waals surface area (Å²) in [5, 5.41) is 5.92. The maximum Gasteiger partial charge on any atom is 0.254 e. The van der Waals surface area contributed by atoms with Crippen LogP contribution in [0, 0.1) is 13.8 Å². The molecular weight excluding hydrogens is 236 g/mol. The topological polar surface area (TPSA) is 55.1 Å². The molecule has 2 aromatic heterocycles. The number of hydrogen-bond donors (Lipinski definition) is 1. The van der Waals surface area contributed by atoms with E-state index in [0.29, 0.717) is 17.9 Å². The lowest BCUT2D eigenvalue weighted by Crippen LogP contribution is -2.25. The zero-order chi connectivity index (χ0) is 12.3. The van der Waals surface area contributed by atoms with Crippen molar-refractivity contribution in [1.82, 2.24) is 10.3 Å². The Kier molecular flexibility index (Phi) is 3.58. The summed E-state index contributed by atoms with van der Waals surface area (Å²) < 4.78 is 5.08. The first-order valence-electron chi connectivity index (χ1n) is 5.40. The first-order chi connectivity index (χ1) is 8.16. The molecule has 1 N–H and O–H groups in total. The average Bonchev–Trinajstić information content (AvgIpc) is 2.87. The lowest BCUT2D eigenvalue weighted by molar-refractivity contribution is 0.0952. The number of carbonyl (C=O) groups excluding carboxylic acids is 1. The van der Waals surface area contributed by atoms with Gasteiger partial charge in [0.1, 0.15) is 5.76 Å². The van der Waals surface area contributed by atoms with E-state index >= 15 is 0 Å². The number of hydrogen-bond acceptors (Lipinski definition) is 4. The standard InChI is InChI=1S/C12H14N2O2S/c1-8-11(4-6-16-8)12(15)13-5-3-10-7-17-9(2)14-10/h4,6-7H,3,5H2,1-2H3,(H,13,15). The van der Waals surface area contributed by atoms with Crippen LogP contribution in [0.1, 0.15) is 26.8 Å². The van der Waals surface area contributed by atoms with Crippen LogP contribution in [0.3, 0.4) is 0 Å². The van der Waals surface area contributed by atoms with Crippen molar-refractivity contribution in [2.45, 2.75) is 20.3 Å². The number of nitrogens with one attached hydrogen (secondary N) is 1. The largest absolute Gasteiger partial charge is 0.469 e. The van der Waals surface area contributed by atoms with E-state index in [9.17, 15) is 4.79 Å². The van der Waals surface area contributed by atoms with Gasteiger partial charge < -0.3 is 9.73 Å². The molecule has 0 aliphatic carbocycles. The van der Waals surface area contributed by atoms with E-state index in [4.69, 9.17) is 4.42 Å². The Balaban J connectivity index is 1.83. The zero-order valence-electron chi connectivity index (χ0n) is 9.82. The molecular formula is C12H14N2O2S. The summed E-state index contributed by atoms with van der Waals surface area (Å²) in [7, 11) is 0. The number of carbonyl (C=O) groups is 1. The molecule has 2 rings (SSSR count). The van der Waals surface area contributed by atoms with E-state index in [-0.39, 0.29) is 5.91 Å². The smallest absolute Gasteiger partial charge is 0.254 e. The summed E-state index contributed by atoms with van der Waals surface area (Å²) in [6, 6.07) is 1.68. The number of amides is 1. The van der Waals surface area contributed by atoms with Crippen molar-refractivity contribution in [3.8, 4) is 0 Å². The van der Waals surface area contributed by atoms with Gasteiger partial charge in [0.2, 0.25) is 0 Å². The zero-order valence-corrected chi connectivity index (χ0v) is 10.6. The molecule has 2 aromatic rings. The summed E-state index contributed by atoms with van der Waals surface area (Å²) in [6.07, 6.45) is 2.28. The summed E-state index contributed by atoms with van der Waals surface area (Å²) in [4.78, 5) is 16.1. The van der Waals surface area contributed by atoms with Crippen LogP contribution in [0.25, 0.3) is 0 Å². The maximum absolute atomic E-state index is 11.7. The minimum Gasteiger partial charge on any atom is -0.469 e. The quantitative estimate of drug-likeness (QED) is 0.906. The van der Waals surface area contributed by atoms with E-state index in [2.05, 4.69) is 10.3 Å². The van der Waals surface area contributed by atoms with Gasteiger partial charge in [-0.15, -0.1) is 11.3 Å². The molecule has 2 heterocycles. The van der Waals surface area contributed by atoms with E-state index in [1.165, 1.54) is 6.26 Å². The fraction of sp³-hybridized carbons (Fsp3) is 0.333. The van der Waals surface area contributed by atoms with Crippen LogP contribution in [0.15, 0.2) is 22.1 Å². The van der Waals surface area contributed by atoms with Gasteiger partial charge in [0.05, 0.1) is 22.5 Å². The molecule has 0 aromatic carbocycles. The van der Waals surface area contributed by atoms with Crippen LogP contribution < -0.4 is 5.32 Å². The molecule has 0 saturated heterocycles. The first kappa shape index (κ1) is 11.9. The molecule has 90 valence electrons. The van der Waals surface area contributed by atoms with Crippen LogP contribution in [-0.2, 0) is 6.42 Å². The normalized spacial score (nSPS) is 10.5. The third-order valence-electron chi connectivity index (χ3n) is 2.44. The third kappa shape index (κ3) is 2.94. The van der Waals surface area contributed by atoms with Crippen LogP contribution in [0.5, 0.6) is 0 Å². The maximum atomic E-state index is 11.7. The van der Waals surface area contributed by atoms with Gasteiger partial charge in [-0.2, -0.15) is 0 Å². The van der Waals surface area contributed by atoms with Gasteiger partial charge in [0.25, 0.3) is 5.91 Å². The molecule has 5 heteroatoms. The lowest BCUT2D eigenvalue weighted by atomic mass is 10.2. The molecule has 17 heavy (non-hydrogen) atoms. The highest BCUT2D eigenvalue weighted by Gasteiger charge is 2.10. The van der Waals surface area contributed by atoms with Crippen LogP contribution in [0.2, 0.25) is 0 Å². The molecule has 1 amide bonds. The van der Waals surface area contributed by atoms with Gasteiger partial charge >= 0.3 is 0 Å². The SMILES string of the molecule is Cc1nc(CCNC(=O)c2ccoc2C)cs1. The molecule has 0 atom stereocenters. The number of aromatic nitrogens is 1. The molecule has 0 unspecified atom stereocenters. The van der Waals surface area contributed by atoms with E-state index in [1.807, 2.05) is 12.3 Å². The Bertz CT molecular complexity index is 516.